The molecule has 7 aromatic carbocycles. The van der Waals surface area contributed by atoms with Crippen molar-refractivity contribution >= 4 is 50.1 Å². The maximum absolute atomic E-state index is 6.49. The van der Waals surface area contributed by atoms with Crippen LogP contribution in [0.25, 0.3) is 66.7 Å². The smallest absolute Gasteiger partial charge is 0.228 e. The van der Waals surface area contributed by atoms with E-state index in [1.54, 1.807) is 0 Å². The molecule has 2 aromatic heterocycles. The van der Waals surface area contributed by atoms with Gasteiger partial charge in [0.2, 0.25) is 5.89 Å². The summed E-state index contributed by atoms with van der Waals surface area (Å²) in [6.07, 6.45) is 0. The van der Waals surface area contributed by atoms with Crippen LogP contribution in [0.4, 0.5) is 17.1 Å². The lowest BCUT2D eigenvalue weighted by atomic mass is 9.82. The molecular weight excluding hydrogens is 649 g/mol. The van der Waals surface area contributed by atoms with Gasteiger partial charge in [0.15, 0.2) is 5.58 Å². The van der Waals surface area contributed by atoms with Crippen LogP contribution in [0.3, 0.4) is 0 Å². The molecule has 0 radical (unpaired) electrons. The van der Waals surface area contributed by atoms with E-state index in [0.717, 1.165) is 55.7 Å². The fourth-order valence-corrected chi connectivity index (χ4v) is 9.23. The van der Waals surface area contributed by atoms with Crippen LogP contribution in [0.5, 0.6) is 0 Å². The number of rotatable bonds is 4. The third-order valence-electron chi connectivity index (χ3n) is 11.9. The highest BCUT2D eigenvalue weighted by Gasteiger charge is 2.37. The zero-order valence-electron chi connectivity index (χ0n) is 30.1. The Morgan fingerprint density at radius 2 is 0.962 bits per heavy atom. The summed E-state index contributed by atoms with van der Waals surface area (Å²) < 4.78 is 12.8. The van der Waals surface area contributed by atoms with Crippen molar-refractivity contribution in [2.45, 2.75) is 38.5 Å². The highest BCUT2D eigenvalue weighted by molar-refractivity contribution is 6.13. The van der Waals surface area contributed by atoms with Gasteiger partial charge in [-0.15, -0.1) is 0 Å². The van der Waals surface area contributed by atoms with E-state index in [1.165, 1.54) is 44.5 Å². The molecule has 53 heavy (non-hydrogen) atoms. The van der Waals surface area contributed by atoms with Crippen molar-refractivity contribution in [1.29, 1.82) is 0 Å². The molecule has 0 atom stereocenters. The van der Waals surface area contributed by atoms with Crippen LogP contribution in [0.15, 0.2) is 154 Å². The Hall–Kier alpha value is -6.39. The molecular formula is C49H36N2O2. The van der Waals surface area contributed by atoms with Crippen LogP contribution in [0.1, 0.15) is 49.9 Å². The van der Waals surface area contributed by atoms with Gasteiger partial charge in [-0.05, 0) is 111 Å². The van der Waals surface area contributed by atoms with Crippen LogP contribution in [-0.2, 0) is 10.8 Å². The number of fused-ring (bicyclic) bond motifs is 10. The summed E-state index contributed by atoms with van der Waals surface area (Å²) in [5, 5.41) is 2.01. The lowest BCUT2D eigenvalue weighted by Gasteiger charge is -2.29. The summed E-state index contributed by atoms with van der Waals surface area (Å²) in [6.45, 7) is 9.38. The largest absolute Gasteiger partial charge is 0.456 e. The molecule has 0 saturated heterocycles. The SMILES string of the molecule is CC1(C)c2ccccc2-c2ccc(N(c3ccc4c(c3)C(C)(C)c3ccccc3-4)c3ccc4oc5cccc(-c6nc7ccccc7o6)c5c4c3)cc21. The van der Waals surface area contributed by atoms with Crippen LogP contribution in [0.2, 0.25) is 0 Å². The third-order valence-corrected chi connectivity index (χ3v) is 11.9. The van der Waals surface area contributed by atoms with Crippen molar-refractivity contribution in [2.75, 3.05) is 4.90 Å². The lowest BCUT2D eigenvalue weighted by molar-refractivity contribution is 0.620. The maximum Gasteiger partial charge on any atom is 0.228 e. The number of nitrogens with zero attached hydrogens (tertiary/aromatic N) is 2. The number of para-hydroxylation sites is 2. The topological polar surface area (TPSA) is 42.4 Å². The van der Waals surface area contributed by atoms with E-state index >= 15 is 0 Å². The van der Waals surface area contributed by atoms with Crippen LogP contribution in [0, 0.1) is 0 Å². The monoisotopic (exact) mass is 684 g/mol. The van der Waals surface area contributed by atoms with Crippen molar-refractivity contribution < 1.29 is 8.83 Å². The van der Waals surface area contributed by atoms with Crippen LogP contribution in [-0.4, -0.2) is 4.98 Å². The van der Waals surface area contributed by atoms with Gasteiger partial charge in [0, 0.05) is 44.2 Å². The fourth-order valence-electron chi connectivity index (χ4n) is 9.23. The summed E-state index contributed by atoms with van der Waals surface area (Å²) in [4.78, 5) is 7.30. The molecule has 2 heterocycles. The molecule has 2 aliphatic carbocycles. The van der Waals surface area contributed by atoms with Crippen molar-refractivity contribution in [3.05, 3.63) is 168 Å². The molecule has 11 rings (SSSR count). The van der Waals surface area contributed by atoms with Gasteiger partial charge in [0.25, 0.3) is 0 Å². The number of furan rings is 1. The van der Waals surface area contributed by atoms with Gasteiger partial charge in [-0.3, -0.25) is 0 Å². The van der Waals surface area contributed by atoms with E-state index in [9.17, 15) is 0 Å². The first-order valence-electron chi connectivity index (χ1n) is 18.4. The Morgan fingerprint density at radius 1 is 0.434 bits per heavy atom. The van der Waals surface area contributed by atoms with E-state index < -0.39 is 0 Å². The molecule has 2 aliphatic rings. The first-order chi connectivity index (χ1) is 25.8. The summed E-state index contributed by atoms with van der Waals surface area (Å²) in [7, 11) is 0. The Labute approximate surface area is 308 Å². The first kappa shape index (κ1) is 30.3. The number of hydrogen-bond acceptors (Lipinski definition) is 4. The summed E-state index contributed by atoms with van der Waals surface area (Å²) in [5.74, 6) is 0.586. The maximum atomic E-state index is 6.49. The van der Waals surface area contributed by atoms with Crippen molar-refractivity contribution in [3.8, 4) is 33.7 Å². The molecule has 0 aliphatic heterocycles. The quantitative estimate of drug-likeness (QED) is 0.185. The molecule has 9 aromatic rings. The summed E-state index contributed by atoms with van der Waals surface area (Å²) in [5.41, 5.74) is 17.8. The third kappa shape index (κ3) is 4.21. The molecule has 4 nitrogen and oxygen atoms in total. The van der Waals surface area contributed by atoms with E-state index in [4.69, 9.17) is 13.8 Å². The van der Waals surface area contributed by atoms with E-state index in [-0.39, 0.29) is 10.8 Å². The number of benzene rings is 7. The molecule has 4 heteroatoms. The molecule has 0 amide bonds. The predicted molar refractivity (Wildman–Crippen MR) is 217 cm³/mol. The predicted octanol–water partition coefficient (Wildman–Crippen LogP) is 13.5. The zero-order valence-corrected chi connectivity index (χ0v) is 30.1. The average molecular weight is 685 g/mol. The Balaban J connectivity index is 1.14. The molecule has 254 valence electrons. The van der Waals surface area contributed by atoms with Gasteiger partial charge in [0.05, 0.1) is 0 Å². The van der Waals surface area contributed by atoms with Gasteiger partial charge >= 0.3 is 0 Å². The highest BCUT2D eigenvalue weighted by atomic mass is 16.3. The summed E-state index contributed by atoms with van der Waals surface area (Å²) in [6, 6.07) is 52.3. The molecule has 0 N–H and O–H groups in total. The van der Waals surface area contributed by atoms with Gasteiger partial charge in [-0.1, -0.05) is 107 Å². The van der Waals surface area contributed by atoms with Crippen molar-refractivity contribution in [1.82, 2.24) is 4.98 Å². The zero-order chi connectivity index (χ0) is 35.6. The van der Waals surface area contributed by atoms with E-state index in [1.807, 2.05) is 36.4 Å². The highest BCUT2D eigenvalue weighted by Crippen LogP contribution is 2.53. The number of anilines is 3. The number of aromatic nitrogens is 1. The summed E-state index contributed by atoms with van der Waals surface area (Å²) >= 11 is 0. The average Bonchev–Trinajstić information content (AvgIpc) is 3.90. The fraction of sp³-hybridized carbons (Fsp3) is 0.122. The normalized spacial score (nSPS) is 14.7. The molecule has 0 unspecified atom stereocenters. The minimum Gasteiger partial charge on any atom is -0.456 e. The van der Waals surface area contributed by atoms with E-state index in [0.29, 0.717) is 5.89 Å². The molecule has 0 fully saturated rings. The number of oxazole rings is 1. The minimum atomic E-state index is -0.131. The standard InChI is InChI=1S/C49H36N2O2/c1-48(2)38-15-7-5-12-32(38)34-23-20-30(27-40(34)48)51(31-21-24-35-33-13-6-8-16-39(33)49(3,4)41(35)28-31)29-22-25-43-37(26-29)46-36(14-11-19-45(46)52-43)47-50-42-17-9-10-18-44(42)53-47/h5-28H,1-4H3. The van der Waals surface area contributed by atoms with Gasteiger partial charge < -0.3 is 13.7 Å². The first-order valence-corrected chi connectivity index (χ1v) is 18.4. The van der Waals surface area contributed by atoms with Crippen molar-refractivity contribution in [2.24, 2.45) is 0 Å². The Kier molecular flexibility index (Phi) is 6.04. The Bertz CT molecular complexity index is 2840. The molecule has 0 saturated carbocycles. The van der Waals surface area contributed by atoms with E-state index in [2.05, 4.69) is 142 Å². The van der Waals surface area contributed by atoms with Gasteiger partial charge in [0.1, 0.15) is 16.7 Å². The second kappa shape index (κ2) is 10.6. The Morgan fingerprint density at radius 3 is 1.62 bits per heavy atom. The van der Waals surface area contributed by atoms with Crippen molar-refractivity contribution in [3.63, 3.8) is 0 Å². The lowest BCUT2D eigenvalue weighted by Crippen LogP contribution is -2.18. The number of hydrogen-bond donors (Lipinski definition) is 0. The molecule has 0 bridgehead atoms. The van der Waals surface area contributed by atoms with Gasteiger partial charge in [-0.2, -0.15) is 0 Å². The second-order valence-electron chi connectivity index (χ2n) is 15.6. The van der Waals surface area contributed by atoms with Crippen LogP contribution < -0.4 is 4.90 Å². The molecule has 0 spiro atoms. The second-order valence-corrected chi connectivity index (χ2v) is 15.6. The van der Waals surface area contributed by atoms with Crippen LogP contribution >= 0.6 is 0 Å². The minimum absolute atomic E-state index is 0.131. The van der Waals surface area contributed by atoms with Gasteiger partial charge in [-0.25, -0.2) is 4.98 Å².